The molecule has 0 atom stereocenters. The fraction of sp³-hybridized carbons (Fsp3) is 0.150. The van der Waals surface area contributed by atoms with Gasteiger partial charge in [0.05, 0.1) is 6.20 Å². The van der Waals surface area contributed by atoms with Gasteiger partial charge in [0.1, 0.15) is 4.88 Å². The highest BCUT2D eigenvalue weighted by atomic mass is 32.1. The minimum Gasteiger partial charge on any atom is -0.365 e. The normalized spacial score (nSPS) is 11.1. The monoisotopic (exact) mass is 380 g/mol. The second-order valence-corrected chi connectivity index (χ2v) is 7.24. The fourth-order valence-corrected chi connectivity index (χ4v) is 3.48. The van der Waals surface area contributed by atoms with E-state index in [1.807, 2.05) is 19.9 Å². The standard InChI is InChI=1S/C20H20N4O2S/c1-12-4-7-16(8-5-12)24-13(2)10-15(14(24)3)6-9-18(25)23-20-22-11-17(27-20)19(21)26/h4-11H,1-3H3,(H2,21,26)(H,22,23,25). The van der Waals surface area contributed by atoms with Crippen molar-refractivity contribution in [1.82, 2.24) is 9.55 Å². The van der Waals surface area contributed by atoms with Crippen molar-refractivity contribution in [3.8, 4) is 5.69 Å². The Morgan fingerprint density at radius 3 is 2.52 bits per heavy atom. The van der Waals surface area contributed by atoms with Crippen LogP contribution in [-0.2, 0) is 4.79 Å². The van der Waals surface area contributed by atoms with Gasteiger partial charge in [-0.1, -0.05) is 29.0 Å². The van der Waals surface area contributed by atoms with Gasteiger partial charge in [-0.05, 0) is 50.6 Å². The van der Waals surface area contributed by atoms with E-state index in [2.05, 4.69) is 46.1 Å². The molecule has 0 aliphatic rings. The largest absolute Gasteiger partial charge is 0.365 e. The van der Waals surface area contributed by atoms with Crippen LogP contribution in [0.1, 0.15) is 32.2 Å². The Labute approximate surface area is 161 Å². The van der Waals surface area contributed by atoms with Crippen LogP contribution in [0.5, 0.6) is 0 Å². The summed E-state index contributed by atoms with van der Waals surface area (Å²) >= 11 is 1.04. The highest BCUT2D eigenvalue weighted by molar-refractivity contribution is 7.17. The van der Waals surface area contributed by atoms with Gasteiger partial charge in [-0.3, -0.25) is 14.9 Å². The minimum absolute atomic E-state index is 0.302. The Morgan fingerprint density at radius 1 is 1.19 bits per heavy atom. The summed E-state index contributed by atoms with van der Waals surface area (Å²) in [6.45, 7) is 6.11. The van der Waals surface area contributed by atoms with E-state index in [4.69, 9.17) is 5.73 Å². The van der Waals surface area contributed by atoms with E-state index in [0.29, 0.717) is 10.0 Å². The average Bonchev–Trinajstić information content (AvgIpc) is 3.19. The number of amides is 2. The summed E-state index contributed by atoms with van der Waals surface area (Å²) in [6.07, 6.45) is 4.57. The number of aryl methyl sites for hydroxylation is 2. The van der Waals surface area contributed by atoms with Crippen molar-refractivity contribution in [2.24, 2.45) is 5.73 Å². The van der Waals surface area contributed by atoms with Crippen LogP contribution < -0.4 is 11.1 Å². The Bertz CT molecular complexity index is 1030. The predicted octanol–water partition coefficient (Wildman–Crippen LogP) is 3.61. The molecule has 0 radical (unpaired) electrons. The molecule has 3 aromatic rings. The van der Waals surface area contributed by atoms with Gasteiger partial charge in [-0.25, -0.2) is 4.98 Å². The minimum atomic E-state index is -0.563. The molecule has 3 N–H and O–H groups in total. The van der Waals surface area contributed by atoms with E-state index in [1.54, 1.807) is 6.08 Å². The molecule has 0 saturated carbocycles. The summed E-state index contributed by atoms with van der Waals surface area (Å²) in [6, 6.07) is 10.3. The third-order valence-electron chi connectivity index (χ3n) is 4.16. The molecule has 2 amide bonds. The van der Waals surface area contributed by atoms with Crippen LogP contribution in [0.4, 0.5) is 5.13 Å². The van der Waals surface area contributed by atoms with Crippen LogP contribution in [-0.4, -0.2) is 21.4 Å². The van der Waals surface area contributed by atoms with Crippen LogP contribution in [0.15, 0.2) is 42.6 Å². The number of carbonyl (C=O) groups is 2. The molecule has 138 valence electrons. The molecule has 27 heavy (non-hydrogen) atoms. The summed E-state index contributed by atoms with van der Waals surface area (Å²) in [5, 5.41) is 2.97. The lowest BCUT2D eigenvalue weighted by Crippen LogP contribution is -2.08. The first-order valence-electron chi connectivity index (χ1n) is 8.36. The number of carbonyl (C=O) groups excluding carboxylic acids is 2. The summed E-state index contributed by atoms with van der Waals surface area (Å²) in [4.78, 5) is 27.5. The number of benzene rings is 1. The number of thiazole rings is 1. The van der Waals surface area contributed by atoms with Crippen molar-refractivity contribution in [3.63, 3.8) is 0 Å². The van der Waals surface area contributed by atoms with Crippen molar-refractivity contribution < 1.29 is 9.59 Å². The lowest BCUT2D eigenvalue weighted by Gasteiger charge is -2.09. The van der Waals surface area contributed by atoms with Crippen molar-refractivity contribution in [1.29, 1.82) is 0 Å². The fourth-order valence-electron chi connectivity index (χ4n) is 2.81. The quantitative estimate of drug-likeness (QED) is 0.663. The Balaban J connectivity index is 1.76. The summed E-state index contributed by atoms with van der Waals surface area (Å²) in [7, 11) is 0. The first-order valence-corrected chi connectivity index (χ1v) is 9.17. The lowest BCUT2D eigenvalue weighted by molar-refractivity contribution is -0.111. The van der Waals surface area contributed by atoms with E-state index < -0.39 is 5.91 Å². The Hall–Kier alpha value is -3.19. The van der Waals surface area contributed by atoms with Crippen LogP contribution in [0.25, 0.3) is 11.8 Å². The number of anilines is 1. The molecular formula is C20H20N4O2S. The number of nitrogens with zero attached hydrogens (tertiary/aromatic N) is 2. The van der Waals surface area contributed by atoms with E-state index in [9.17, 15) is 9.59 Å². The average molecular weight is 380 g/mol. The number of rotatable bonds is 5. The molecule has 0 spiro atoms. The zero-order chi connectivity index (χ0) is 19.6. The first-order chi connectivity index (χ1) is 12.8. The lowest BCUT2D eigenvalue weighted by atomic mass is 10.2. The van der Waals surface area contributed by atoms with E-state index in [0.717, 1.165) is 34.0 Å². The molecule has 2 heterocycles. The highest BCUT2D eigenvalue weighted by Crippen LogP contribution is 2.22. The van der Waals surface area contributed by atoms with Gasteiger partial charge < -0.3 is 10.3 Å². The van der Waals surface area contributed by atoms with Crippen LogP contribution in [0.3, 0.4) is 0 Å². The highest BCUT2D eigenvalue weighted by Gasteiger charge is 2.10. The molecule has 0 aliphatic carbocycles. The molecule has 0 saturated heterocycles. The van der Waals surface area contributed by atoms with Gasteiger partial charge in [0.25, 0.3) is 5.91 Å². The molecule has 0 bridgehead atoms. The van der Waals surface area contributed by atoms with Crippen LogP contribution in [0.2, 0.25) is 0 Å². The molecule has 1 aromatic carbocycles. The summed E-state index contributed by atoms with van der Waals surface area (Å²) < 4.78 is 2.15. The van der Waals surface area contributed by atoms with Gasteiger partial charge in [0.2, 0.25) is 5.91 Å². The predicted molar refractivity (Wildman–Crippen MR) is 108 cm³/mol. The number of hydrogen-bond donors (Lipinski definition) is 2. The number of hydrogen-bond acceptors (Lipinski definition) is 4. The Morgan fingerprint density at radius 2 is 1.89 bits per heavy atom. The molecule has 0 fully saturated rings. The van der Waals surface area contributed by atoms with Crippen LogP contribution in [0, 0.1) is 20.8 Å². The zero-order valence-electron chi connectivity index (χ0n) is 15.3. The number of nitrogens with one attached hydrogen (secondary N) is 1. The summed E-state index contributed by atoms with van der Waals surface area (Å²) in [5.74, 6) is -0.882. The van der Waals surface area contributed by atoms with E-state index in [-0.39, 0.29) is 5.91 Å². The number of aromatic nitrogens is 2. The first kappa shape index (κ1) is 18.6. The van der Waals surface area contributed by atoms with Gasteiger partial charge in [0.15, 0.2) is 5.13 Å². The smallest absolute Gasteiger partial charge is 0.260 e. The molecule has 2 aromatic heterocycles. The molecule has 7 heteroatoms. The summed E-state index contributed by atoms with van der Waals surface area (Å²) in [5.41, 5.74) is 10.6. The third kappa shape index (κ3) is 4.15. The van der Waals surface area contributed by atoms with Gasteiger partial charge in [0, 0.05) is 23.2 Å². The van der Waals surface area contributed by atoms with E-state index in [1.165, 1.54) is 17.8 Å². The number of nitrogens with two attached hydrogens (primary N) is 1. The SMILES string of the molecule is Cc1ccc(-n2c(C)cc(C=CC(=O)Nc3ncc(C(N)=O)s3)c2C)cc1. The molecule has 6 nitrogen and oxygen atoms in total. The molecular weight excluding hydrogens is 360 g/mol. The van der Waals surface area contributed by atoms with Crippen LogP contribution >= 0.6 is 11.3 Å². The third-order valence-corrected chi connectivity index (χ3v) is 5.08. The molecule has 3 rings (SSSR count). The maximum Gasteiger partial charge on any atom is 0.260 e. The zero-order valence-corrected chi connectivity index (χ0v) is 16.1. The topological polar surface area (TPSA) is 90.0 Å². The van der Waals surface area contributed by atoms with Crippen molar-refractivity contribution in [2.45, 2.75) is 20.8 Å². The van der Waals surface area contributed by atoms with Gasteiger partial charge in [-0.2, -0.15) is 0 Å². The Kier molecular flexibility index (Phi) is 5.23. The second-order valence-electron chi connectivity index (χ2n) is 6.21. The van der Waals surface area contributed by atoms with Gasteiger partial charge in [-0.15, -0.1) is 0 Å². The van der Waals surface area contributed by atoms with Crippen molar-refractivity contribution in [2.75, 3.05) is 5.32 Å². The van der Waals surface area contributed by atoms with Crippen molar-refractivity contribution in [3.05, 3.63) is 70.0 Å². The molecule has 0 unspecified atom stereocenters. The van der Waals surface area contributed by atoms with Crippen molar-refractivity contribution >= 4 is 34.4 Å². The maximum atomic E-state index is 12.1. The van der Waals surface area contributed by atoms with E-state index >= 15 is 0 Å². The molecule has 0 aliphatic heterocycles. The number of primary amides is 1. The maximum absolute atomic E-state index is 12.1. The van der Waals surface area contributed by atoms with Gasteiger partial charge >= 0.3 is 0 Å². The second kappa shape index (κ2) is 7.59.